The highest BCUT2D eigenvalue weighted by atomic mass is 32.1. The lowest BCUT2D eigenvalue weighted by molar-refractivity contribution is 0.171. The molecule has 1 fully saturated rings. The number of hydrogen-bond donors (Lipinski definition) is 1. The molecule has 0 bridgehead atoms. The van der Waals surface area contributed by atoms with Crippen molar-refractivity contribution in [2.45, 2.75) is 45.1 Å². The van der Waals surface area contributed by atoms with Crippen molar-refractivity contribution >= 4 is 12.6 Å². The molecule has 2 heteroatoms. The van der Waals surface area contributed by atoms with E-state index in [0.29, 0.717) is 0 Å². The minimum absolute atomic E-state index is 0.843. The normalized spacial score (nSPS) is 29.5. The highest BCUT2D eigenvalue weighted by Crippen LogP contribution is 2.28. The maximum atomic E-state index is 4.27. The van der Waals surface area contributed by atoms with Gasteiger partial charge in [-0.15, -0.1) is 0 Å². The lowest BCUT2D eigenvalue weighted by atomic mass is 9.84. The minimum atomic E-state index is 0.843. The second-order valence-electron chi connectivity index (χ2n) is 4.29. The highest BCUT2D eigenvalue weighted by molar-refractivity contribution is 7.80. The Morgan fingerprint density at radius 3 is 2.31 bits per heavy atom. The van der Waals surface area contributed by atoms with Gasteiger partial charge in [-0.2, -0.15) is 12.6 Å². The van der Waals surface area contributed by atoms with Gasteiger partial charge in [0, 0.05) is 18.3 Å². The molecular formula is C11H23NS. The molecule has 0 N–H and O–H groups in total. The second-order valence-corrected chi connectivity index (χ2v) is 4.73. The zero-order valence-electron chi connectivity index (χ0n) is 9.00. The summed E-state index contributed by atoms with van der Waals surface area (Å²) in [4.78, 5) is 2.48. The van der Waals surface area contributed by atoms with E-state index in [4.69, 9.17) is 0 Å². The predicted octanol–water partition coefficient (Wildman–Crippen LogP) is 2.82. The van der Waals surface area contributed by atoms with E-state index in [-0.39, 0.29) is 0 Å². The fourth-order valence-electron chi connectivity index (χ4n) is 2.33. The van der Waals surface area contributed by atoms with Gasteiger partial charge < -0.3 is 4.90 Å². The lowest BCUT2D eigenvalue weighted by Gasteiger charge is -2.34. The maximum absolute atomic E-state index is 4.27. The van der Waals surface area contributed by atoms with Crippen molar-refractivity contribution in [3.05, 3.63) is 0 Å². The van der Waals surface area contributed by atoms with E-state index in [2.05, 4.69) is 31.5 Å². The van der Waals surface area contributed by atoms with Crippen LogP contribution in [0.1, 0.15) is 39.0 Å². The van der Waals surface area contributed by atoms with E-state index in [1.165, 1.54) is 32.1 Å². The third kappa shape index (κ3) is 3.51. The van der Waals surface area contributed by atoms with E-state index in [9.17, 15) is 0 Å². The first kappa shape index (κ1) is 11.4. The van der Waals surface area contributed by atoms with Crippen LogP contribution in [-0.2, 0) is 0 Å². The van der Waals surface area contributed by atoms with E-state index in [1.54, 1.807) is 0 Å². The molecule has 0 radical (unpaired) electrons. The van der Waals surface area contributed by atoms with E-state index in [1.807, 2.05) is 0 Å². The second kappa shape index (κ2) is 5.92. The molecule has 1 rings (SSSR count). The number of nitrogens with zero attached hydrogens (tertiary/aromatic N) is 1. The van der Waals surface area contributed by atoms with Gasteiger partial charge in [0.25, 0.3) is 0 Å². The van der Waals surface area contributed by atoms with Crippen LogP contribution in [-0.4, -0.2) is 30.3 Å². The van der Waals surface area contributed by atoms with Gasteiger partial charge in [0.1, 0.15) is 0 Å². The third-order valence-corrected chi connectivity index (χ3v) is 3.67. The van der Waals surface area contributed by atoms with Crippen LogP contribution in [0.4, 0.5) is 0 Å². The third-order valence-electron chi connectivity index (χ3n) is 3.47. The Balaban J connectivity index is 2.23. The van der Waals surface area contributed by atoms with Crippen LogP contribution < -0.4 is 0 Å². The molecule has 13 heavy (non-hydrogen) atoms. The predicted molar refractivity (Wildman–Crippen MR) is 62.5 cm³/mol. The average Bonchev–Trinajstić information content (AvgIpc) is 2.18. The van der Waals surface area contributed by atoms with Crippen LogP contribution in [0.15, 0.2) is 0 Å². The number of thiol groups is 1. The first-order valence-electron chi connectivity index (χ1n) is 5.59. The van der Waals surface area contributed by atoms with Crippen LogP contribution in [0.2, 0.25) is 0 Å². The fourth-order valence-corrected chi connectivity index (χ4v) is 2.65. The molecule has 1 aliphatic rings. The molecule has 78 valence electrons. The Morgan fingerprint density at radius 2 is 1.85 bits per heavy atom. The molecule has 1 aliphatic carbocycles. The standard InChI is InChI=1S/C11H23NS/c1-3-10-4-6-11(7-5-10)12(2)8-9-13/h10-11,13H,3-9H2,1-2H3. The Hall–Kier alpha value is 0.310. The Labute approximate surface area is 88.3 Å². The van der Waals surface area contributed by atoms with Crippen LogP contribution >= 0.6 is 12.6 Å². The molecule has 0 aromatic heterocycles. The first-order chi connectivity index (χ1) is 6.27. The molecular weight excluding hydrogens is 178 g/mol. The Kier molecular flexibility index (Phi) is 5.18. The van der Waals surface area contributed by atoms with Crippen molar-refractivity contribution in [3.8, 4) is 0 Å². The Morgan fingerprint density at radius 1 is 1.23 bits per heavy atom. The van der Waals surface area contributed by atoms with Crippen LogP contribution in [0.3, 0.4) is 0 Å². The molecule has 0 amide bonds. The molecule has 0 saturated heterocycles. The molecule has 0 aromatic rings. The summed E-state index contributed by atoms with van der Waals surface area (Å²) < 4.78 is 0. The maximum Gasteiger partial charge on any atom is 0.00927 e. The van der Waals surface area contributed by atoms with Crippen LogP contribution in [0.25, 0.3) is 0 Å². The number of hydrogen-bond acceptors (Lipinski definition) is 2. The first-order valence-corrected chi connectivity index (χ1v) is 6.22. The van der Waals surface area contributed by atoms with Gasteiger partial charge in [-0.3, -0.25) is 0 Å². The van der Waals surface area contributed by atoms with E-state index < -0.39 is 0 Å². The summed E-state index contributed by atoms with van der Waals surface area (Å²) >= 11 is 4.27. The SMILES string of the molecule is CCC1CCC(N(C)CCS)CC1. The summed E-state index contributed by atoms with van der Waals surface area (Å²) in [6.45, 7) is 3.47. The zero-order chi connectivity index (χ0) is 9.68. The van der Waals surface area contributed by atoms with Gasteiger partial charge >= 0.3 is 0 Å². The summed E-state index contributed by atoms with van der Waals surface area (Å²) in [6, 6.07) is 0.843. The zero-order valence-corrected chi connectivity index (χ0v) is 9.89. The largest absolute Gasteiger partial charge is 0.303 e. The summed E-state index contributed by atoms with van der Waals surface area (Å²) in [7, 11) is 2.24. The van der Waals surface area contributed by atoms with Crippen molar-refractivity contribution in [2.75, 3.05) is 19.3 Å². The number of rotatable bonds is 4. The lowest BCUT2D eigenvalue weighted by Crippen LogP contribution is -2.36. The van der Waals surface area contributed by atoms with Gasteiger partial charge in [0.15, 0.2) is 0 Å². The fraction of sp³-hybridized carbons (Fsp3) is 1.00. The van der Waals surface area contributed by atoms with E-state index >= 15 is 0 Å². The van der Waals surface area contributed by atoms with Gasteiger partial charge in [0.2, 0.25) is 0 Å². The molecule has 0 heterocycles. The summed E-state index contributed by atoms with van der Waals surface area (Å²) in [5.41, 5.74) is 0. The van der Waals surface area contributed by atoms with Gasteiger partial charge in [-0.05, 0) is 38.6 Å². The van der Waals surface area contributed by atoms with Crippen LogP contribution in [0, 0.1) is 5.92 Å². The van der Waals surface area contributed by atoms with Crippen LogP contribution in [0.5, 0.6) is 0 Å². The smallest absolute Gasteiger partial charge is 0.00927 e. The van der Waals surface area contributed by atoms with Crippen molar-refractivity contribution < 1.29 is 0 Å². The molecule has 0 aromatic carbocycles. The van der Waals surface area contributed by atoms with Crippen molar-refractivity contribution in [2.24, 2.45) is 5.92 Å². The summed E-state index contributed by atoms with van der Waals surface area (Å²) in [5, 5.41) is 0. The van der Waals surface area contributed by atoms with Crippen molar-refractivity contribution in [1.29, 1.82) is 0 Å². The minimum Gasteiger partial charge on any atom is -0.303 e. The quantitative estimate of drug-likeness (QED) is 0.685. The molecule has 0 atom stereocenters. The Bertz CT molecular complexity index is 130. The molecule has 0 unspecified atom stereocenters. The van der Waals surface area contributed by atoms with Gasteiger partial charge in [-0.1, -0.05) is 13.3 Å². The van der Waals surface area contributed by atoms with Gasteiger partial charge in [0.05, 0.1) is 0 Å². The molecule has 1 nitrogen and oxygen atoms in total. The summed E-state index contributed by atoms with van der Waals surface area (Å²) in [6.07, 6.45) is 7.07. The van der Waals surface area contributed by atoms with E-state index in [0.717, 1.165) is 24.3 Å². The van der Waals surface area contributed by atoms with Crippen molar-refractivity contribution in [1.82, 2.24) is 4.90 Å². The molecule has 0 spiro atoms. The summed E-state index contributed by atoms with van der Waals surface area (Å²) in [5.74, 6) is 2.00. The molecule has 1 saturated carbocycles. The molecule has 0 aliphatic heterocycles. The monoisotopic (exact) mass is 201 g/mol. The van der Waals surface area contributed by atoms with Gasteiger partial charge in [-0.25, -0.2) is 0 Å². The highest BCUT2D eigenvalue weighted by Gasteiger charge is 2.22. The topological polar surface area (TPSA) is 3.24 Å². The average molecular weight is 201 g/mol. The van der Waals surface area contributed by atoms with Crippen molar-refractivity contribution in [3.63, 3.8) is 0 Å².